The zero-order valence-electron chi connectivity index (χ0n) is 16.7. The van der Waals surface area contributed by atoms with Crippen LogP contribution in [0, 0.1) is 13.8 Å². The summed E-state index contributed by atoms with van der Waals surface area (Å²) in [5, 5.41) is 5.97. The highest BCUT2D eigenvalue weighted by atomic mass is 35.5. The number of ether oxygens (including phenoxy) is 2. The van der Waals surface area contributed by atoms with E-state index in [0.717, 1.165) is 38.9 Å². The molecule has 0 N–H and O–H groups in total. The number of nitrogens with zero attached hydrogens (tertiary/aromatic N) is 2. The van der Waals surface area contributed by atoms with Gasteiger partial charge < -0.3 is 9.47 Å². The maximum atomic E-state index is 11.6. The third-order valence-electron chi connectivity index (χ3n) is 5.01. The Labute approximate surface area is 170 Å². The van der Waals surface area contributed by atoms with Gasteiger partial charge in [0.25, 0.3) is 0 Å². The Morgan fingerprint density at radius 1 is 1.18 bits per heavy atom. The average molecular weight is 401 g/mol. The van der Waals surface area contributed by atoms with E-state index < -0.39 is 0 Å². The van der Waals surface area contributed by atoms with Gasteiger partial charge in [-0.2, -0.15) is 5.10 Å². The van der Waals surface area contributed by atoms with Gasteiger partial charge in [-0.1, -0.05) is 17.7 Å². The molecule has 0 fully saturated rings. The first-order valence-electron chi connectivity index (χ1n) is 9.38. The number of halogens is 1. The second-order valence-corrected chi connectivity index (χ2v) is 7.27. The molecule has 148 valence electrons. The highest BCUT2D eigenvalue weighted by molar-refractivity contribution is 6.31. The van der Waals surface area contributed by atoms with Crippen LogP contribution < -0.4 is 4.74 Å². The van der Waals surface area contributed by atoms with E-state index in [-0.39, 0.29) is 5.97 Å². The SMILES string of the molecule is CCOC(=O)CCc1ccc(OCc2cc(Cl)cc3cnn(C)c23)c(C)c1C. The lowest BCUT2D eigenvalue weighted by Gasteiger charge is -2.15. The first-order valence-corrected chi connectivity index (χ1v) is 9.76. The number of aryl methyl sites for hydroxylation is 2. The van der Waals surface area contributed by atoms with E-state index in [0.29, 0.717) is 31.1 Å². The van der Waals surface area contributed by atoms with Crippen molar-refractivity contribution in [1.82, 2.24) is 9.78 Å². The van der Waals surface area contributed by atoms with Crippen molar-refractivity contribution in [3.63, 3.8) is 0 Å². The number of benzene rings is 2. The van der Waals surface area contributed by atoms with Crippen LogP contribution in [0.25, 0.3) is 10.9 Å². The molecule has 28 heavy (non-hydrogen) atoms. The van der Waals surface area contributed by atoms with Crippen molar-refractivity contribution in [3.8, 4) is 5.75 Å². The fourth-order valence-corrected chi connectivity index (χ4v) is 3.64. The van der Waals surface area contributed by atoms with Crippen molar-refractivity contribution in [2.75, 3.05) is 6.61 Å². The second kappa shape index (κ2) is 8.65. The van der Waals surface area contributed by atoms with Crippen LogP contribution >= 0.6 is 11.6 Å². The Balaban J connectivity index is 1.76. The molecule has 1 heterocycles. The quantitative estimate of drug-likeness (QED) is 0.528. The Hall–Kier alpha value is -2.53. The Morgan fingerprint density at radius 2 is 1.96 bits per heavy atom. The Morgan fingerprint density at radius 3 is 2.71 bits per heavy atom. The van der Waals surface area contributed by atoms with Crippen LogP contribution in [0.1, 0.15) is 35.6 Å². The minimum absolute atomic E-state index is 0.166. The monoisotopic (exact) mass is 400 g/mol. The molecule has 0 spiro atoms. The van der Waals surface area contributed by atoms with Crippen LogP contribution in [-0.4, -0.2) is 22.4 Å². The number of carbonyl (C=O) groups is 1. The molecular weight excluding hydrogens is 376 g/mol. The van der Waals surface area contributed by atoms with Gasteiger partial charge in [0.05, 0.1) is 18.3 Å². The lowest BCUT2D eigenvalue weighted by Crippen LogP contribution is -2.07. The predicted molar refractivity (Wildman–Crippen MR) is 111 cm³/mol. The molecular formula is C22H25ClN2O3. The zero-order valence-corrected chi connectivity index (χ0v) is 17.5. The fraction of sp³-hybridized carbons (Fsp3) is 0.364. The molecule has 0 radical (unpaired) electrons. The minimum atomic E-state index is -0.166. The molecule has 0 saturated carbocycles. The average Bonchev–Trinajstić information content (AvgIpc) is 3.03. The van der Waals surface area contributed by atoms with E-state index in [1.165, 1.54) is 0 Å². The smallest absolute Gasteiger partial charge is 0.306 e. The summed E-state index contributed by atoms with van der Waals surface area (Å²) >= 11 is 6.24. The van der Waals surface area contributed by atoms with E-state index in [1.54, 1.807) is 6.20 Å². The molecule has 0 amide bonds. The van der Waals surface area contributed by atoms with Crippen LogP contribution in [0.2, 0.25) is 5.02 Å². The van der Waals surface area contributed by atoms with E-state index in [4.69, 9.17) is 21.1 Å². The third kappa shape index (κ3) is 4.30. The lowest BCUT2D eigenvalue weighted by molar-refractivity contribution is -0.143. The molecule has 0 bridgehead atoms. The second-order valence-electron chi connectivity index (χ2n) is 6.84. The normalized spacial score (nSPS) is 11.0. The van der Waals surface area contributed by atoms with Crippen LogP contribution in [-0.2, 0) is 29.6 Å². The highest BCUT2D eigenvalue weighted by Gasteiger charge is 2.12. The van der Waals surface area contributed by atoms with Crippen LogP contribution in [0.4, 0.5) is 0 Å². The van der Waals surface area contributed by atoms with Gasteiger partial charge in [-0.3, -0.25) is 9.48 Å². The Bertz CT molecular complexity index is 1010. The van der Waals surface area contributed by atoms with E-state index in [9.17, 15) is 4.79 Å². The summed E-state index contributed by atoms with van der Waals surface area (Å²) in [7, 11) is 1.91. The van der Waals surface area contributed by atoms with E-state index in [2.05, 4.69) is 12.0 Å². The van der Waals surface area contributed by atoms with Gasteiger partial charge in [0, 0.05) is 29.4 Å². The van der Waals surface area contributed by atoms with Crippen LogP contribution in [0.15, 0.2) is 30.5 Å². The van der Waals surface area contributed by atoms with Crippen molar-refractivity contribution in [1.29, 1.82) is 0 Å². The Kier molecular flexibility index (Phi) is 6.25. The number of aromatic nitrogens is 2. The number of rotatable bonds is 7. The molecule has 0 aliphatic carbocycles. The van der Waals surface area contributed by atoms with Crippen molar-refractivity contribution >= 4 is 28.5 Å². The van der Waals surface area contributed by atoms with Gasteiger partial charge in [0.15, 0.2) is 0 Å². The topological polar surface area (TPSA) is 53.4 Å². The summed E-state index contributed by atoms with van der Waals surface area (Å²) < 4.78 is 13.0. The summed E-state index contributed by atoms with van der Waals surface area (Å²) in [6.07, 6.45) is 2.85. The predicted octanol–water partition coefficient (Wildman–Crippen LogP) is 4.92. The first kappa shape index (κ1) is 20.2. The minimum Gasteiger partial charge on any atom is -0.489 e. The molecule has 2 aromatic carbocycles. The lowest BCUT2D eigenvalue weighted by atomic mass is 9.99. The molecule has 3 aromatic rings. The van der Waals surface area contributed by atoms with Crippen LogP contribution in [0.5, 0.6) is 5.75 Å². The molecule has 5 nitrogen and oxygen atoms in total. The van der Waals surface area contributed by atoms with Gasteiger partial charge in [-0.15, -0.1) is 0 Å². The molecule has 3 rings (SSSR count). The zero-order chi connectivity index (χ0) is 20.3. The maximum Gasteiger partial charge on any atom is 0.306 e. The summed E-state index contributed by atoms with van der Waals surface area (Å²) in [5.74, 6) is 0.661. The third-order valence-corrected chi connectivity index (χ3v) is 5.23. The maximum absolute atomic E-state index is 11.6. The number of esters is 1. The van der Waals surface area contributed by atoms with Gasteiger partial charge in [0.2, 0.25) is 0 Å². The standard InChI is InChI=1S/C22H25ClN2O3/c1-5-27-21(26)9-7-16-6-8-20(15(3)14(16)2)28-13-18-11-19(23)10-17-12-24-25(4)22(17)18/h6,8,10-12H,5,7,9,13H2,1-4H3. The van der Waals surface area contributed by atoms with Crippen molar-refractivity contribution in [2.24, 2.45) is 7.05 Å². The van der Waals surface area contributed by atoms with Gasteiger partial charge in [0.1, 0.15) is 12.4 Å². The number of fused-ring (bicyclic) bond motifs is 1. The van der Waals surface area contributed by atoms with E-state index >= 15 is 0 Å². The fourth-order valence-electron chi connectivity index (χ4n) is 3.39. The number of carbonyl (C=O) groups excluding carboxylic acids is 1. The number of hydrogen-bond donors (Lipinski definition) is 0. The molecule has 6 heteroatoms. The van der Waals surface area contributed by atoms with Crippen LogP contribution in [0.3, 0.4) is 0 Å². The summed E-state index contributed by atoms with van der Waals surface area (Å²) in [6, 6.07) is 7.81. The number of hydrogen-bond acceptors (Lipinski definition) is 4. The molecule has 1 aromatic heterocycles. The summed E-state index contributed by atoms with van der Waals surface area (Å²) in [4.78, 5) is 11.6. The van der Waals surface area contributed by atoms with E-state index in [1.807, 2.05) is 49.8 Å². The summed E-state index contributed by atoms with van der Waals surface area (Å²) in [6.45, 7) is 6.73. The van der Waals surface area contributed by atoms with Crippen molar-refractivity contribution in [3.05, 3.63) is 57.7 Å². The molecule has 0 aliphatic heterocycles. The molecule has 0 atom stereocenters. The van der Waals surface area contributed by atoms with Crippen molar-refractivity contribution in [2.45, 2.75) is 40.2 Å². The van der Waals surface area contributed by atoms with Gasteiger partial charge in [-0.25, -0.2) is 0 Å². The highest BCUT2D eigenvalue weighted by Crippen LogP contribution is 2.28. The molecule has 0 aliphatic rings. The van der Waals surface area contributed by atoms with Gasteiger partial charge in [-0.05, 0) is 62.1 Å². The molecule has 0 unspecified atom stereocenters. The first-order chi connectivity index (χ1) is 13.4. The molecule has 0 saturated heterocycles. The van der Waals surface area contributed by atoms with Gasteiger partial charge >= 0.3 is 5.97 Å². The van der Waals surface area contributed by atoms with Crippen molar-refractivity contribution < 1.29 is 14.3 Å². The largest absolute Gasteiger partial charge is 0.489 e. The summed E-state index contributed by atoms with van der Waals surface area (Å²) in [5.41, 5.74) is 5.36.